The Morgan fingerprint density at radius 2 is 2.24 bits per heavy atom. The van der Waals surface area contributed by atoms with Gasteiger partial charge < -0.3 is 5.32 Å². The molecule has 1 aromatic rings. The number of para-hydroxylation sites is 1. The molecule has 17 heavy (non-hydrogen) atoms. The first-order chi connectivity index (χ1) is 8.04. The zero-order valence-corrected chi connectivity index (χ0v) is 9.77. The number of nitrogens with one attached hydrogen (secondary N) is 1. The Balaban J connectivity index is 2.57. The first-order valence-corrected chi connectivity index (χ1v) is 5.19. The number of rotatable bonds is 4. The van der Waals surface area contributed by atoms with Crippen LogP contribution in [0.2, 0.25) is 0 Å². The van der Waals surface area contributed by atoms with E-state index in [9.17, 15) is 9.18 Å². The van der Waals surface area contributed by atoms with Crippen LogP contribution in [0.25, 0.3) is 0 Å². The maximum atomic E-state index is 13.2. The molecule has 0 bridgehead atoms. The predicted octanol–water partition coefficient (Wildman–Crippen LogP) is 1.61. The summed E-state index contributed by atoms with van der Waals surface area (Å²) in [5, 5.41) is 11.1. The number of hydrogen-bond donors (Lipinski definition) is 1. The fourth-order valence-electron chi connectivity index (χ4n) is 1.21. The van der Waals surface area contributed by atoms with Gasteiger partial charge in [0.15, 0.2) is 0 Å². The Morgan fingerprint density at radius 1 is 1.59 bits per heavy atom. The molecule has 0 aliphatic carbocycles. The zero-order valence-electron chi connectivity index (χ0n) is 9.77. The van der Waals surface area contributed by atoms with Crippen LogP contribution in [-0.4, -0.2) is 30.4 Å². The van der Waals surface area contributed by atoms with Gasteiger partial charge in [0.1, 0.15) is 5.82 Å². The maximum Gasteiger partial charge on any atom is 0.238 e. The fraction of sp³-hybridized carbons (Fsp3) is 0.333. The first kappa shape index (κ1) is 13.1. The van der Waals surface area contributed by atoms with Gasteiger partial charge in [-0.15, -0.1) is 0 Å². The normalized spacial score (nSPS) is 11.9. The van der Waals surface area contributed by atoms with Crippen molar-refractivity contribution >= 4 is 11.6 Å². The van der Waals surface area contributed by atoms with Gasteiger partial charge in [-0.3, -0.25) is 9.69 Å². The van der Waals surface area contributed by atoms with E-state index in [0.717, 1.165) is 0 Å². The summed E-state index contributed by atoms with van der Waals surface area (Å²) in [6, 6.07) is 7.61. The molecule has 0 spiro atoms. The van der Waals surface area contributed by atoms with E-state index in [-0.39, 0.29) is 24.2 Å². The minimum atomic E-state index is -0.475. The van der Waals surface area contributed by atoms with Crippen LogP contribution in [0, 0.1) is 17.1 Å². The highest BCUT2D eigenvalue weighted by molar-refractivity contribution is 5.92. The zero-order chi connectivity index (χ0) is 12.8. The number of hydrogen-bond acceptors (Lipinski definition) is 3. The molecule has 0 aliphatic rings. The van der Waals surface area contributed by atoms with Gasteiger partial charge in [-0.2, -0.15) is 5.26 Å². The molecule has 0 aliphatic heterocycles. The minimum absolute atomic E-state index is 0.0447. The molecular weight excluding hydrogens is 221 g/mol. The van der Waals surface area contributed by atoms with Crippen LogP contribution in [0.15, 0.2) is 24.3 Å². The first-order valence-electron chi connectivity index (χ1n) is 5.19. The molecule has 0 fully saturated rings. The van der Waals surface area contributed by atoms with E-state index in [2.05, 4.69) is 5.32 Å². The van der Waals surface area contributed by atoms with Gasteiger partial charge in [0.2, 0.25) is 5.91 Å². The van der Waals surface area contributed by atoms with Crippen molar-refractivity contribution in [2.45, 2.75) is 13.0 Å². The van der Waals surface area contributed by atoms with Crippen LogP contribution in [0.5, 0.6) is 0 Å². The highest BCUT2D eigenvalue weighted by atomic mass is 19.1. The third-order valence-corrected chi connectivity index (χ3v) is 2.39. The molecule has 4 nitrogen and oxygen atoms in total. The van der Waals surface area contributed by atoms with Crippen molar-refractivity contribution in [1.29, 1.82) is 5.26 Å². The number of halogens is 1. The average molecular weight is 235 g/mol. The molecule has 1 atom stereocenters. The van der Waals surface area contributed by atoms with Crippen LogP contribution < -0.4 is 5.32 Å². The SMILES string of the molecule is CC(C#N)N(C)CC(=O)Nc1ccccc1F. The Labute approximate surface area is 99.7 Å². The molecule has 5 heteroatoms. The Morgan fingerprint density at radius 3 is 2.82 bits per heavy atom. The van der Waals surface area contributed by atoms with Crippen LogP contribution in [0.3, 0.4) is 0 Å². The van der Waals surface area contributed by atoms with Crippen molar-refractivity contribution in [2.24, 2.45) is 0 Å². The number of amides is 1. The van der Waals surface area contributed by atoms with Crippen molar-refractivity contribution in [3.63, 3.8) is 0 Å². The van der Waals surface area contributed by atoms with E-state index >= 15 is 0 Å². The third kappa shape index (κ3) is 3.85. The van der Waals surface area contributed by atoms with Crippen LogP contribution in [0.1, 0.15) is 6.92 Å². The molecule has 1 aromatic carbocycles. The summed E-state index contributed by atoms with van der Waals surface area (Å²) in [5.74, 6) is -0.823. The summed E-state index contributed by atoms with van der Waals surface area (Å²) in [7, 11) is 1.66. The Hall–Kier alpha value is -1.93. The van der Waals surface area contributed by atoms with E-state index in [1.807, 2.05) is 6.07 Å². The smallest absolute Gasteiger partial charge is 0.238 e. The standard InChI is InChI=1S/C12H14FN3O/c1-9(7-14)16(2)8-12(17)15-11-6-4-3-5-10(11)13/h3-6,9H,8H2,1-2H3,(H,15,17). The monoisotopic (exact) mass is 235 g/mol. The van der Waals surface area contributed by atoms with Crippen molar-refractivity contribution in [3.05, 3.63) is 30.1 Å². The lowest BCUT2D eigenvalue weighted by atomic mass is 10.3. The average Bonchev–Trinajstić information content (AvgIpc) is 2.31. The summed E-state index contributed by atoms with van der Waals surface area (Å²) in [6.07, 6.45) is 0. The van der Waals surface area contributed by atoms with E-state index in [1.165, 1.54) is 12.1 Å². The van der Waals surface area contributed by atoms with Gasteiger partial charge in [0, 0.05) is 0 Å². The molecule has 90 valence electrons. The molecule has 0 saturated carbocycles. The Kier molecular flexibility index (Phi) is 4.61. The van der Waals surface area contributed by atoms with Gasteiger partial charge in [0.25, 0.3) is 0 Å². The number of anilines is 1. The number of nitrogens with zero attached hydrogens (tertiary/aromatic N) is 2. The van der Waals surface area contributed by atoms with Crippen molar-refractivity contribution in [2.75, 3.05) is 18.9 Å². The van der Waals surface area contributed by atoms with Crippen LogP contribution >= 0.6 is 0 Å². The quantitative estimate of drug-likeness (QED) is 0.862. The van der Waals surface area contributed by atoms with E-state index in [4.69, 9.17) is 5.26 Å². The number of carbonyl (C=O) groups is 1. The second-order valence-electron chi connectivity index (χ2n) is 3.75. The number of benzene rings is 1. The topological polar surface area (TPSA) is 56.1 Å². The molecule has 0 saturated heterocycles. The largest absolute Gasteiger partial charge is 0.322 e. The summed E-state index contributed by atoms with van der Waals surface area (Å²) in [5.41, 5.74) is 0.149. The van der Waals surface area contributed by atoms with Crippen molar-refractivity contribution < 1.29 is 9.18 Å². The fourth-order valence-corrected chi connectivity index (χ4v) is 1.21. The van der Waals surface area contributed by atoms with Gasteiger partial charge in [-0.1, -0.05) is 12.1 Å². The maximum absolute atomic E-state index is 13.2. The summed E-state index contributed by atoms with van der Waals surface area (Å²) in [4.78, 5) is 13.1. The second kappa shape index (κ2) is 5.97. The highest BCUT2D eigenvalue weighted by Crippen LogP contribution is 2.12. The summed E-state index contributed by atoms with van der Waals surface area (Å²) in [6.45, 7) is 1.74. The van der Waals surface area contributed by atoms with Gasteiger partial charge in [-0.25, -0.2) is 4.39 Å². The van der Waals surface area contributed by atoms with Gasteiger partial charge >= 0.3 is 0 Å². The molecule has 1 unspecified atom stereocenters. The van der Waals surface area contributed by atoms with Crippen molar-refractivity contribution in [3.8, 4) is 6.07 Å². The molecule has 0 radical (unpaired) electrons. The third-order valence-electron chi connectivity index (χ3n) is 2.39. The lowest BCUT2D eigenvalue weighted by molar-refractivity contribution is -0.117. The van der Waals surface area contributed by atoms with Crippen LogP contribution in [-0.2, 0) is 4.79 Å². The molecule has 1 amide bonds. The van der Waals surface area contributed by atoms with Crippen molar-refractivity contribution in [1.82, 2.24) is 4.90 Å². The molecule has 1 N–H and O–H groups in total. The highest BCUT2D eigenvalue weighted by Gasteiger charge is 2.13. The van der Waals surface area contributed by atoms with E-state index < -0.39 is 5.82 Å². The van der Waals surface area contributed by atoms with E-state index in [1.54, 1.807) is 31.0 Å². The predicted molar refractivity (Wildman–Crippen MR) is 62.7 cm³/mol. The second-order valence-corrected chi connectivity index (χ2v) is 3.75. The summed E-state index contributed by atoms with van der Waals surface area (Å²) < 4.78 is 13.2. The number of carbonyl (C=O) groups excluding carboxylic acids is 1. The molecule has 0 heterocycles. The van der Waals surface area contributed by atoms with Gasteiger partial charge in [-0.05, 0) is 26.1 Å². The Bertz CT molecular complexity index is 442. The molecule has 1 rings (SSSR count). The minimum Gasteiger partial charge on any atom is -0.322 e. The van der Waals surface area contributed by atoms with Gasteiger partial charge in [0.05, 0.1) is 24.3 Å². The van der Waals surface area contributed by atoms with E-state index in [0.29, 0.717) is 0 Å². The van der Waals surface area contributed by atoms with Crippen LogP contribution in [0.4, 0.5) is 10.1 Å². The number of likely N-dealkylation sites (N-methyl/N-ethyl adjacent to an activating group) is 1. The molecule has 0 aromatic heterocycles. The molecular formula is C12H14FN3O. The lowest BCUT2D eigenvalue weighted by Gasteiger charge is -2.18. The lowest BCUT2D eigenvalue weighted by Crippen LogP contribution is -2.35. The number of nitriles is 1. The summed E-state index contributed by atoms with van der Waals surface area (Å²) >= 11 is 0.